The quantitative estimate of drug-likeness (QED) is 0.280. The maximum Gasteiger partial charge on any atom is 0.191 e. The first kappa shape index (κ1) is 24.3. The first-order chi connectivity index (χ1) is 16.0. The summed E-state index contributed by atoms with van der Waals surface area (Å²) in [4.78, 5) is 7.09. The molecule has 176 valence electrons. The highest BCUT2D eigenvalue weighted by atomic mass is 15.3. The molecule has 0 radical (unpaired) electrons. The van der Waals surface area contributed by atoms with Crippen LogP contribution in [0.4, 0.5) is 5.69 Å². The van der Waals surface area contributed by atoms with Gasteiger partial charge < -0.3 is 20.1 Å². The molecule has 3 aromatic rings. The molecule has 2 atom stereocenters. The third-order valence-corrected chi connectivity index (χ3v) is 6.16. The van der Waals surface area contributed by atoms with E-state index in [-0.39, 0.29) is 6.04 Å². The normalized spacial score (nSPS) is 13.4. The number of hydrogen-bond acceptors (Lipinski definition) is 4. The van der Waals surface area contributed by atoms with Crippen LogP contribution in [0, 0.1) is 6.92 Å². The van der Waals surface area contributed by atoms with Gasteiger partial charge in [0.1, 0.15) is 12.4 Å². The topological polar surface area (TPSA) is 70.4 Å². The predicted octanol–water partition coefficient (Wildman–Crippen LogP) is 3.88. The molecule has 0 aliphatic carbocycles. The van der Waals surface area contributed by atoms with Crippen molar-refractivity contribution in [3.8, 4) is 0 Å². The van der Waals surface area contributed by atoms with Crippen LogP contribution in [0.1, 0.15) is 43.4 Å². The van der Waals surface area contributed by atoms with E-state index in [1.54, 1.807) is 0 Å². The molecule has 0 saturated heterocycles. The molecule has 0 bridgehead atoms. The lowest BCUT2D eigenvalue weighted by Crippen LogP contribution is -2.45. The minimum Gasteiger partial charge on any atom is -0.375 e. The van der Waals surface area contributed by atoms with Crippen molar-refractivity contribution in [2.75, 3.05) is 25.0 Å². The average molecular weight is 448 g/mol. The zero-order valence-electron chi connectivity index (χ0n) is 20.5. The van der Waals surface area contributed by atoms with Crippen LogP contribution in [0.2, 0.25) is 0 Å². The van der Waals surface area contributed by atoms with E-state index in [2.05, 4.69) is 101 Å². The average Bonchev–Trinajstić information content (AvgIpc) is 3.17. The van der Waals surface area contributed by atoms with Gasteiger partial charge in [0.15, 0.2) is 11.8 Å². The summed E-state index contributed by atoms with van der Waals surface area (Å²) in [6.45, 7) is 8.65. The number of aryl methyl sites for hydroxylation is 1. The van der Waals surface area contributed by atoms with E-state index in [1.807, 2.05) is 24.6 Å². The Kier molecular flexibility index (Phi) is 8.87. The number of guanidine groups is 1. The van der Waals surface area contributed by atoms with Gasteiger partial charge in [0, 0.05) is 44.8 Å². The van der Waals surface area contributed by atoms with Gasteiger partial charge in [-0.1, -0.05) is 55.5 Å². The Morgan fingerprint density at radius 2 is 1.70 bits per heavy atom. The number of rotatable bonds is 10. The van der Waals surface area contributed by atoms with Gasteiger partial charge in [-0.05, 0) is 38.0 Å². The number of anilines is 1. The maximum atomic E-state index is 4.82. The molecule has 33 heavy (non-hydrogen) atoms. The third-order valence-electron chi connectivity index (χ3n) is 6.16. The van der Waals surface area contributed by atoms with Crippen LogP contribution in [0.25, 0.3) is 0 Å². The maximum absolute atomic E-state index is 4.82. The van der Waals surface area contributed by atoms with Crippen LogP contribution < -0.4 is 15.5 Å². The number of hydrogen-bond donors (Lipinski definition) is 2. The molecular weight excluding hydrogens is 410 g/mol. The second-order valence-corrected chi connectivity index (χ2v) is 8.56. The van der Waals surface area contributed by atoms with E-state index in [0.717, 1.165) is 37.1 Å². The molecule has 2 N–H and O–H groups in total. The van der Waals surface area contributed by atoms with Gasteiger partial charge in [-0.25, -0.2) is 4.99 Å². The minimum absolute atomic E-state index is 0.215. The van der Waals surface area contributed by atoms with Crippen LogP contribution in [0.5, 0.6) is 0 Å². The summed E-state index contributed by atoms with van der Waals surface area (Å²) in [5, 5.41) is 15.5. The van der Waals surface area contributed by atoms with Crippen molar-refractivity contribution in [1.29, 1.82) is 0 Å². The summed E-state index contributed by atoms with van der Waals surface area (Å²) in [5.74, 6) is 2.88. The van der Waals surface area contributed by atoms with Gasteiger partial charge in [-0.2, -0.15) is 0 Å². The molecule has 3 rings (SSSR count). The van der Waals surface area contributed by atoms with Crippen LogP contribution in [0.15, 0.2) is 65.7 Å². The summed E-state index contributed by atoms with van der Waals surface area (Å²) < 4.78 is 1.98. The zero-order valence-corrected chi connectivity index (χ0v) is 20.5. The smallest absolute Gasteiger partial charge is 0.191 e. The lowest BCUT2D eigenvalue weighted by molar-refractivity contribution is 0.547. The van der Waals surface area contributed by atoms with Gasteiger partial charge in [0.2, 0.25) is 0 Å². The highest BCUT2D eigenvalue weighted by molar-refractivity contribution is 5.80. The Labute approximate surface area is 198 Å². The number of para-hydroxylation sites is 1. The van der Waals surface area contributed by atoms with Gasteiger partial charge in [-0.3, -0.25) is 0 Å². The van der Waals surface area contributed by atoms with Gasteiger partial charge in [0.05, 0.1) is 0 Å². The molecule has 1 aromatic heterocycles. The SMILES string of the molecule is Cc1nnc(CN=C(NCCCN(C)c2ccccc2)NC(C)C(C)c2ccccc2)n1C. The van der Waals surface area contributed by atoms with Crippen molar-refractivity contribution in [2.45, 2.75) is 45.7 Å². The molecule has 2 aromatic carbocycles. The van der Waals surface area contributed by atoms with Crippen molar-refractivity contribution in [3.63, 3.8) is 0 Å². The van der Waals surface area contributed by atoms with Crippen molar-refractivity contribution in [3.05, 3.63) is 77.9 Å². The van der Waals surface area contributed by atoms with Crippen molar-refractivity contribution in [1.82, 2.24) is 25.4 Å². The van der Waals surface area contributed by atoms with Gasteiger partial charge in [0.25, 0.3) is 0 Å². The zero-order chi connectivity index (χ0) is 23.6. The fourth-order valence-corrected chi connectivity index (χ4v) is 3.61. The molecule has 2 unspecified atom stereocenters. The molecule has 0 aliphatic heterocycles. The number of nitrogens with zero attached hydrogens (tertiary/aromatic N) is 5. The highest BCUT2D eigenvalue weighted by Gasteiger charge is 2.16. The number of nitrogens with one attached hydrogen (secondary N) is 2. The molecule has 0 aliphatic rings. The summed E-state index contributed by atoms with van der Waals surface area (Å²) in [7, 11) is 4.10. The van der Waals surface area contributed by atoms with Gasteiger partial charge in [-0.15, -0.1) is 10.2 Å². The molecule has 0 saturated carbocycles. The van der Waals surface area contributed by atoms with Crippen molar-refractivity contribution < 1.29 is 0 Å². The summed E-state index contributed by atoms with van der Waals surface area (Å²) >= 11 is 0. The first-order valence-electron chi connectivity index (χ1n) is 11.7. The fraction of sp³-hybridized carbons (Fsp3) is 0.423. The second-order valence-electron chi connectivity index (χ2n) is 8.56. The Morgan fingerprint density at radius 3 is 2.33 bits per heavy atom. The number of benzene rings is 2. The highest BCUT2D eigenvalue weighted by Crippen LogP contribution is 2.18. The van der Waals surface area contributed by atoms with Crippen LogP contribution in [0.3, 0.4) is 0 Å². The van der Waals surface area contributed by atoms with E-state index in [4.69, 9.17) is 4.99 Å². The van der Waals surface area contributed by atoms with E-state index in [9.17, 15) is 0 Å². The Bertz CT molecular complexity index is 998. The molecule has 0 amide bonds. The number of aromatic nitrogens is 3. The standard InChI is InChI=1S/C26H37N7/c1-20(23-13-8-6-9-14-23)21(2)29-26(28-19-25-31-30-22(3)33(25)5)27-17-12-18-32(4)24-15-10-7-11-16-24/h6-11,13-16,20-21H,12,17-19H2,1-5H3,(H2,27,28,29). The lowest BCUT2D eigenvalue weighted by Gasteiger charge is -2.25. The largest absolute Gasteiger partial charge is 0.375 e. The first-order valence-corrected chi connectivity index (χ1v) is 11.7. The summed E-state index contributed by atoms with van der Waals surface area (Å²) in [6, 6.07) is 21.3. The molecule has 7 nitrogen and oxygen atoms in total. The van der Waals surface area contributed by atoms with Crippen molar-refractivity contribution in [2.24, 2.45) is 12.0 Å². The van der Waals surface area contributed by atoms with Crippen molar-refractivity contribution >= 4 is 11.6 Å². The molecule has 1 heterocycles. The van der Waals surface area contributed by atoms with E-state index in [0.29, 0.717) is 12.5 Å². The Hall–Kier alpha value is -3.35. The predicted molar refractivity (Wildman–Crippen MR) is 137 cm³/mol. The number of aliphatic imine (C=N–C) groups is 1. The van der Waals surface area contributed by atoms with Crippen LogP contribution >= 0.6 is 0 Å². The fourth-order valence-electron chi connectivity index (χ4n) is 3.61. The summed E-state index contributed by atoms with van der Waals surface area (Å²) in [5.41, 5.74) is 2.54. The Balaban J connectivity index is 1.60. The molecule has 7 heteroatoms. The minimum atomic E-state index is 0.215. The van der Waals surface area contributed by atoms with Gasteiger partial charge >= 0.3 is 0 Å². The lowest BCUT2D eigenvalue weighted by atomic mass is 9.94. The Morgan fingerprint density at radius 1 is 1.03 bits per heavy atom. The molecular formula is C26H37N7. The van der Waals surface area contributed by atoms with E-state index >= 15 is 0 Å². The third kappa shape index (κ3) is 7.07. The summed E-state index contributed by atoms with van der Waals surface area (Å²) in [6.07, 6.45) is 0.998. The van der Waals surface area contributed by atoms with E-state index < -0.39 is 0 Å². The second kappa shape index (κ2) is 12.0. The monoisotopic (exact) mass is 447 g/mol. The van der Waals surface area contributed by atoms with Crippen LogP contribution in [-0.2, 0) is 13.6 Å². The molecule has 0 spiro atoms. The van der Waals surface area contributed by atoms with Crippen LogP contribution in [-0.4, -0.2) is 46.9 Å². The van der Waals surface area contributed by atoms with E-state index in [1.165, 1.54) is 11.3 Å². The molecule has 0 fully saturated rings.